The third-order valence-corrected chi connectivity index (χ3v) is 1.97. The second-order valence-electron chi connectivity index (χ2n) is 3.11. The largest absolute Gasteiger partial charge is 0.204 e. The van der Waals surface area contributed by atoms with Gasteiger partial charge in [0.2, 0.25) is 0 Å². The van der Waals surface area contributed by atoms with Crippen LogP contribution in [0.3, 0.4) is 0 Å². The number of benzene rings is 1. The number of nitriles is 1. The summed E-state index contributed by atoms with van der Waals surface area (Å²) in [5.41, 5.74) is 8.39. The van der Waals surface area contributed by atoms with Crippen LogP contribution in [-0.2, 0) is 0 Å². The monoisotopic (exact) mass is 234 g/mol. The zero-order valence-electron chi connectivity index (χ0n) is 8.77. The Kier molecular flexibility index (Phi) is 4.67. The summed E-state index contributed by atoms with van der Waals surface area (Å²) in [5, 5.41) is 12.0. The van der Waals surface area contributed by atoms with Gasteiger partial charge in [0.1, 0.15) is 0 Å². The smallest absolute Gasteiger partial charge is 0.160 e. The van der Waals surface area contributed by atoms with Gasteiger partial charge in [0.15, 0.2) is 11.6 Å². The second kappa shape index (κ2) is 6.26. The van der Waals surface area contributed by atoms with E-state index in [1.165, 1.54) is 6.08 Å². The Labute approximate surface area is 96.4 Å². The van der Waals surface area contributed by atoms with Gasteiger partial charge in [0, 0.05) is 11.5 Å². The summed E-state index contributed by atoms with van der Waals surface area (Å²) >= 11 is 0. The number of halogens is 2. The minimum Gasteiger partial charge on any atom is -0.204 e. The lowest BCUT2D eigenvalue weighted by atomic mass is 10.1. The maximum Gasteiger partial charge on any atom is 0.160 e. The summed E-state index contributed by atoms with van der Waals surface area (Å²) in [6.45, 7) is 0.276. The van der Waals surface area contributed by atoms with Gasteiger partial charge in [-0.2, -0.15) is 5.26 Å². The minimum atomic E-state index is -1.05. The molecular formula is C11H8F2N4. The molecule has 0 aliphatic carbocycles. The molecule has 1 aromatic carbocycles. The van der Waals surface area contributed by atoms with Crippen molar-refractivity contribution < 1.29 is 8.78 Å². The first-order valence-electron chi connectivity index (χ1n) is 4.75. The average molecular weight is 234 g/mol. The molecule has 0 spiro atoms. The fraction of sp³-hybridized carbons (Fsp3) is 0.182. The molecule has 0 heterocycles. The Balaban J connectivity index is 2.87. The van der Waals surface area contributed by atoms with E-state index in [-0.39, 0.29) is 12.1 Å². The van der Waals surface area contributed by atoms with Gasteiger partial charge in [0.25, 0.3) is 0 Å². The topological polar surface area (TPSA) is 72.5 Å². The van der Waals surface area contributed by atoms with Crippen molar-refractivity contribution in [3.63, 3.8) is 0 Å². The van der Waals surface area contributed by atoms with Gasteiger partial charge >= 0.3 is 0 Å². The summed E-state index contributed by atoms with van der Waals surface area (Å²) in [6, 6.07) is 3.58. The van der Waals surface area contributed by atoms with Crippen molar-refractivity contribution in [2.75, 3.05) is 6.54 Å². The van der Waals surface area contributed by atoms with Crippen LogP contribution in [0.4, 0.5) is 8.78 Å². The zero-order chi connectivity index (χ0) is 12.7. The molecule has 0 radical (unpaired) electrons. The molecule has 0 aliphatic rings. The molecule has 0 atom stereocenters. The molecule has 0 fully saturated rings. The quantitative estimate of drug-likeness (QED) is 0.340. The minimum absolute atomic E-state index is 0.0592. The highest BCUT2D eigenvalue weighted by Gasteiger charge is 2.06. The number of hydrogen-bond donors (Lipinski definition) is 0. The van der Waals surface area contributed by atoms with Crippen LogP contribution in [0.25, 0.3) is 16.5 Å². The second-order valence-corrected chi connectivity index (χ2v) is 3.11. The van der Waals surface area contributed by atoms with Crippen molar-refractivity contribution in [2.24, 2.45) is 5.11 Å². The van der Waals surface area contributed by atoms with Crippen LogP contribution in [-0.4, -0.2) is 6.54 Å². The molecule has 0 unspecified atom stereocenters. The van der Waals surface area contributed by atoms with Crippen LogP contribution < -0.4 is 0 Å². The molecule has 17 heavy (non-hydrogen) atoms. The normalized spacial score (nSPS) is 9.94. The molecule has 0 saturated carbocycles. The SMILES string of the molecule is N#Cc1cc(F)c(F)cc1C=CCCN=[N+]=[N-]. The van der Waals surface area contributed by atoms with Crippen LogP contribution in [0.5, 0.6) is 0 Å². The van der Waals surface area contributed by atoms with Gasteiger partial charge in [-0.05, 0) is 29.6 Å². The predicted octanol–water partition coefficient (Wildman–Crippen LogP) is 3.55. The zero-order valence-corrected chi connectivity index (χ0v) is 8.77. The summed E-state index contributed by atoms with van der Waals surface area (Å²) in [4.78, 5) is 2.57. The Hall–Kier alpha value is -2.38. The predicted molar refractivity (Wildman–Crippen MR) is 58.7 cm³/mol. The molecule has 1 aromatic rings. The molecule has 0 aromatic heterocycles. The first-order chi connectivity index (χ1) is 8.19. The Bertz CT molecular complexity index is 525. The van der Waals surface area contributed by atoms with E-state index in [9.17, 15) is 8.78 Å². The molecule has 6 heteroatoms. The van der Waals surface area contributed by atoms with Crippen LogP contribution in [0.1, 0.15) is 17.5 Å². The maximum atomic E-state index is 12.9. The molecular weight excluding hydrogens is 226 g/mol. The third kappa shape index (κ3) is 3.59. The third-order valence-electron chi connectivity index (χ3n) is 1.97. The van der Waals surface area contributed by atoms with Gasteiger partial charge in [0.05, 0.1) is 11.6 Å². The fourth-order valence-corrected chi connectivity index (χ4v) is 1.18. The van der Waals surface area contributed by atoms with Crippen LogP contribution in [0.15, 0.2) is 23.3 Å². The first-order valence-corrected chi connectivity index (χ1v) is 4.75. The summed E-state index contributed by atoms with van der Waals surface area (Å²) in [6.07, 6.45) is 3.59. The Morgan fingerprint density at radius 2 is 2.12 bits per heavy atom. The number of nitrogens with zero attached hydrogens (tertiary/aromatic N) is 4. The van der Waals surface area contributed by atoms with Gasteiger partial charge in [-0.1, -0.05) is 17.3 Å². The lowest BCUT2D eigenvalue weighted by molar-refractivity contribution is 0.508. The fourth-order valence-electron chi connectivity index (χ4n) is 1.18. The van der Waals surface area contributed by atoms with E-state index in [0.717, 1.165) is 12.1 Å². The van der Waals surface area contributed by atoms with Crippen LogP contribution >= 0.6 is 0 Å². The summed E-state index contributed by atoms with van der Waals surface area (Å²) in [7, 11) is 0. The van der Waals surface area contributed by atoms with E-state index in [4.69, 9.17) is 10.8 Å². The molecule has 1 rings (SSSR count). The molecule has 0 saturated heterocycles. The molecule has 86 valence electrons. The van der Waals surface area contributed by atoms with Crippen LogP contribution in [0, 0.1) is 23.0 Å². The van der Waals surface area contributed by atoms with Crippen LogP contribution in [0.2, 0.25) is 0 Å². The van der Waals surface area contributed by atoms with Crippen molar-refractivity contribution in [1.29, 1.82) is 5.26 Å². The highest BCUT2D eigenvalue weighted by Crippen LogP contribution is 2.16. The Morgan fingerprint density at radius 1 is 1.41 bits per heavy atom. The highest BCUT2D eigenvalue weighted by molar-refractivity contribution is 5.58. The van der Waals surface area contributed by atoms with E-state index in [0.29, 0.717) is 12.0 Å². The molecule has 0 N–H and O–H groups in total. The van der Waals surface area contributed by atoms with Gasteiger partial charge in [-0.3, -0.25) is 0 Å². The average Bonchev–Trinajstić information content (AvgIpc) is 2.33. The highest BCUT2D eigenvalue weighted by atomic mass is 19.2. The van der Waals surface area contributed by atoms with E-state index >= 15 is 0 Å². The molecule has 0 bridgehead atoms. The lowest BCUT2D eigenvalue weighted by Gasteiger charge is -1.99. The number of rotatable bonds is 4. The standard InChI is InChI=1S/C11H8F2N4/c12-10-5-8(3-1-2-4-16-17-15)9(7-14)6-11(10)13/h1,3,5-6H,2,4H2. The van der Waals surface area contributed by atoms with Crippen molar-refractivity contribution in [3.05, 3.63) is 51.4 Å². The van der Waals surface area contributed by atoms with Gasteiger partial charge < -0.3 is 0 Å². The van der Waals surface area contributed by atoms with Gasteiger partial charge in [-0.25, -0.2) is 8.78 Å². The van der Waals surface area contributed by atoms with E-state index in [1.54, 1.807) is 12.1 Å². The molecule has 4 nitrogen and oxygen atoms in total. The van der Waals surface area contributed by atoms with E-state index in [1.807, 2.05) is 0 Å². The Morgan fingerprint density at radius 3 is 2.76 bits per heavy atom. The van der Waals surface area contributed by atoms with E-state index < -0.39 is 11.6 Å². The summed E-state index contributed by atoms with van der Waals surface area (Å²) in [5.74, 6) is -2.05. The van der Waals surface area contributed by atoms with E-state index in [2.05, 4.69) is 10.0 Å². The number of azide groups is 1. The van der Waals surface area contributed by atoms with Crippen molar-refractivity contribution in [2.45, 2.75) is 6.42 Å². The van der Waals surface area contributed by atoms with Crippen molar-refractivity contribution in [3.8, 4) is 6.07 Å². The maximum absolute atomic E-state index is 12.9. The lowest BCUT2D eigenvalue weighted by Crippen LogP contribution is -1.90. The van der Waals surface area contributed by atoms with Crippen molar-refractivity contribution in [1.82, 2.24) is 0 Å². The van der Waals surface area contributed by atoms with Gasteiger partial charge in [-0.15, -0.1) is 0 Å². The molecule has 0 amide bonds. The first kappa shape index (κ1) is 12.7. The van der Waals surface area contributed by atoms with Crippen molar-refractivity contribution >= 4 is 6.08 Å². The molecule has 0 aliphatic heterocycles. The number of hydrogen-bond acceptors (Lipinski definition) is 2. The summed E-state index contributed by atoms with van der Waals surface area (Å²) < 4.78 is 25.8.